The fourth-order valence-electron chi connectivity index (χ4n) is 3.80. The number of likely N-dealkylation sites (N-methyl/N-ethyl adjacent to an activating group) is 1. The van der Waals surface area contributed by atoms with Crippen LogP contribution >= 0.6 is 11.8 Å². The number of thioether (sulfide) groups is 1. The first-order valence-corrected chi connectivity index (χ1v) is 11.1. The molecule has 2 aliphatic carbocycles. The highest BCUT2D eigenvalue weighted by molar-refractivity contribution is 8.00. The van der Waals surface area contributed by atoms with Gasteiger partial charge in [-0.15, -0.1) is 11.8 Å². The third-order valence-electron chi connectivity index (χ3n) is 5.70. The quantitative estimate of drug-likeness (QED) is 0.668. The minimum Gasteiger partial charge on any atom is -0.361 e. The summed E-state index contributed by atoms with van der Waals surface area (Å²) in [6.07, 6.45) is 18.0. The zero-order valence-corrected chi connectivity index (χ0v) is 17.4. The largest absolute Gasteiger partial charge is 0.361 e. The standard InChI is InChI=1S/C17H22N2S.C6H12/c1-13(18(2)3)12-19-14-8-4-6-10-16(14)20-17-11-7-5-9-15(17)19;1-2-4-6-5-3-1/h4-11,13-14,16H,12H2,1-3H3;1-6H2. The van der Waals surface area contributed by atoms with Gasteiger partial charge in [0, 0.05) is 17.5 Å². The number of hydrogen-bond acceptors (Lipinski definition) is 3. The van der Waals surface area contributed by atoms with Crippen LogP contribution in [0.5, 0.6) is 0 Å². The second kappa shape index (κ2) is 9.66. The van der Waals surface area contributed by atoms with Gasteiger partial charge in [0.2, 0.25) is 0 Å². The fraction of sp³-hybridized carbons (Fsp3) is 0.565. The highest BCUT2D eigenvalue weighted by Gasteiger charge is 2.33. The molecular weight excluding hydrogens is 336 g/mol. The van der Waals surface area contributed by atoms with Crippen LogP contribution in [0.3, 0.4) is 0 Å². The third-order valence-corrected chi connectivity index (χ3v) is 7.00. The van der Waals surface area contributed by atoms with Gasteiger partial charge in [0.05, 0.1) is 17.0 Å². The molecule has 3 heteroatoms. The Labute approximate surface area is 164 Å². The van der Waals surface area contributed by atoms with Gasteiger partial charge in [-0.3, -0.25) is 0 Å². The van der Waals surface area contributed by atoms with E-state index in [9.17, 15) is 0 Å². The van der Waals surface area contributed by atoms with Crippen molar-refractivity contribution in [1.29, 1.82) is 0 Å². The lowest BCUT2D eigenvalue weighted by molar-refractivity contribution is 0.311. The number of benzene rings is 1. The molecule has 0 radical (unpaired) electrons. The van der Waals surface area contributed by atoms with Crippen molar-refractivity contribution in [2.24, 2.45) is 0 Å². The van der Waals surface area contributed by atoms with Crippen molar-refractivity contribution in [2.45, 2.75) is 67.7 Å². The SMILES string of the molecule is C1CCCCC1.CC(CN1c2ccccc2SC2C=CC=CC21)N(C)C. The Kier molecular flexibility index (Phi) is 7.27. The second-order valence-electron chi connectivity index (χ2n) is 7.90. The number of anilines is 1. The first-order valence-electron chi connectivity index (χ1n) is 10.2. The fourth-order valence-corrected chi connectivity index (χ4v) is 5.10. The van der Waals surface area contributed by atoms with E-state index in [0.29, 0.717) is 17.3 Å². The number of nitrogens with zero attached hydrogens (tertiary/aromatic N) is 2. The van der Waals surface area contributed by atoms with Crippen LogP contribution in [0.1, 0.15) is 45.4 Å². The third kappa shape index (κ3) is 4.95. The number of rotatable bonds is 3. The Hall–Kier alpha value is -1.19. The van der Waals surface area contributed by atoms with Gasteiger partial charge < -0.3 is 9.80 Å². The molecule has 4 rings (SSSR count). The number of allylic oxidation sites excluding steroid dienone is 2. The molecular formula is C23H34N2S. The summed E-state index contributed by atoms with van der Waals surface area (Å²) in [6, 6.07) is 9.80. The average molecular weight is 371 g/mol. The Morgan fingerprint density at radius 1 is 1.00 bits per heavy atom. The molecule has 3 unspecified atom stereocenters. The molecule has 2 nitrogen and oxygen atoms in total. The normalized spacial score (nSPS) is 25.2. The summed E-state index contributed by atoms with van der Waals surface area (Å²) in [4.78, 5) is 6.27. The lowest BCUT2D eigenvalue weighted by Crippen LogP contribution is -2.49. The zero-order valence-electron chi connectivity index (χ0n) is 16.6. The van der Waals surface area contributed by atoms with Crippen LogP contribution in [0.15, 0.2) is 53.5 Å². The van der Waals surface area contributed by atoms with Crippen molar-refractivity contribution in [2.75, 3.05) is 25.5 Å². The number of hydrogen-bond donors (Lipinski definition) is 0. The van der Waals surface area contributed by atoms with E-state index in [-0.39, 0.29) is 0 Å². The molecule has 142 valence electrons. The summed E-state index contributed by atoms with van der Waals surface area (Å²) in [5, 5.41) is 0.532. The predicted octanol–water partition coefficient (Wildman–Crippen LogP) is 5.75. The number of para-hydroxylation sites is 1. The van der Waals surface area contributed by atoms with Crippen molar-refractivity contribution < 1.29 is 0 Å². The van der Waals surface area contributed by atoms with E-state index < -0.39 is 0 Å². The van der Waals surface area contributed by atoms with Crippen LogP contribution in [0, 0.1) is 0 Å². The van der Waals surface area contributed by atoms with Crippen molar-refractivity contribution >= 4 is 17.4 Å². The second-order valence-corrected chi connectivity index (χ2v) is 9.12. The highest BCUT2D eigenvalue weighted by atomic mass is 32.2. The molecule has 0 amide bonds. The minimum absolute atomic E-state index is 0.474. The van der Waals surface area contributed by atoms with E-state index in [4.69, 9.17) is 0 Å². The summed E-state index contributed by atoms with van der Waals surface area (Å²) < 4.78 is 0. The molecule has 0 aromatic heterocycles. The molecule has 1 aromatic rings. The van der Waals surface area contributed by atoms with Crippen molar-refractivity contribution in [3.05, 3.63) is 48.6 Å². The molecule has 0 saturated heterocycles. The first-order chi connectivity index (χ1) is 12.7. The maximum absolute atomic E-state index is 2.57. The summed E-state index contributed by atoms with van der Waals surface area (Å²) in [7, 11) is 4.31. The molecule has 1 heterocycles. The summed E-state index contributed by atoms with van der Waals surface area (Å²) in [6.45, 7) is 3.35. The van der Waals surface area contributed by atoms with Gasteiger partial charge in [0.25, 0.3) is 0 Å². The Morgan fingerprint density at radius 3 is 2.27 bits per heavy atom. The molecule has 1 aromatic carbocycles. The molecule has 0 bridgehead atoms. The Bertz CT molecular complexity index is 607. The zero-order chi connectivity index (χ0) is 18.4. The van der Waals surface area contributed by atoms with E-state index in [0.717, 1.165) is 6.54 Å². The predicted molar refractivity (Wildman–Crippen MR) is 116 cm³/mol. The van der Waals surface area contributed by atoms with Crippen LogP contribution in [0.25, 0.3) is 0 Å². The first kappa shape index (κ1) is 19.6. The van der Waals surface area contributed by atoms with E-state index in [1.54, 1.807) is 0 Å². The van der Waals surface area contributed by atoms with Crippen LogP contribution in [0.4, 0.5) is 5.69 Å². The van der Waals surface area contributed by atoms with Gasteiger partial charge in [-0.1, -0.05) is 75.0 Å². The maximum atomic E-state index is 2.57. The van der Waals surface area contributed by atoms with E-state index in [2.05, 4.69) is 79.4 Å². The average Bonchev–Trinajstić information content (AvgIpc) is 2.69. The Morgan fingerprint density at radius 2 is 1.62 bits per heavy atom. The molecule has 3 atom stereocenters. The van der Waals surface area contributed by atoms with Crippen molar-refractivity contribution in [3.63, 3.8) is 0 Å². The minimum atomic E-state index is 0.474. The van der Waals surface area contributed by atoms with Crippen LogP contribution in [0.2, 0.25) is 0 Å². The van der Waals surface area contributed by atoms with E-state index >= 15 is 0 Å². The van der Waals surface area contributed by atoms with Crippen molar-refractivity contribution in [1.82, 2.24) is 4.90 Å². The van der Waals surface area contributed by atoms with Crippen LogP contribution in [-0.4, -0.2) is 42.9 Å². The highest BCUT2D eigenvalue weighted by Crippen LogP contribution is 2.43. The summed E-state index contributed by atoms with van der Waals surface area (Å²) in [5.74, 6) is 0. The molecule has 1 aliphatic heterocycles. The van der Waals surface area contributed by atoms with Gasteiger partial charge in [0.15, 0.2) is 0 Å². The van der Waals surface area contributed by atoms with E-state index in [1.807, 2.05) is 11.8 Å². The van der Waals surface area contributed by atoms with Crippen LogP contribution < -0.4 is 4.90 Å². The topological polar surface area (TPSA) is 6.48 Å². The summed E-state index contributed by atoms with van der Waals surface area (Å²) >= 11 is 1.99. The molecule has 1 fully saturated rings. The molecule has 26 heavy (non-hydrogen) atoms. The molecule has 0 spiro atoms. The monoisotopic (exact) mass is 370 g/mol. The van der Waals surface area contributed by atoms with Gasteiger partial charge >= 0.3 is 0 Å². The Balaban J connectivity index is 0.000000278. The lowest BCUT2D eigenvalue weighted by Gasteiger charge is -2.43. The smallest absolute Gasteiger partial charge is 0.0634 e. The van der Waals surface area contributed by atoms with Gasteiger partial charge in [-0.25, -0.2) is 0 Å². The van der Waals surface area contributed by atoms with E-state index in [1.165, 1.54) is 49.1 Å². The van der Waals surface area contributed by atoms with Gasteiger partial charge in [-0.05, 0) is 33.2 Å². The van der Waals surface area contributed by atoms with Gasteiger partial charge in [-0.2, -0.15) is 0 Å². The van der Waals surface area contributed by atoms with Gasteiger partial charge in [0.1, 0.15) is 0 Å². The number of fused-ring (bicyclic) bond motifs is 2. The molecule has 0 N–H and O–H groups in total. The summed E-state index contributed by atoms with van der Waals surface area (Å²) in [5.41, 5.74) is 1.38. The maximum Gasteiger partial charge on any atom is 0.0634 e. The van der Waals surface area contributed by atoms with Crippen LogP contribution in [-0.2, 0) is 0 Å². The molecule has 1 saturated carbocycles. The lowest BCUT2D eigenvalue weighted by atomic mass is 10.0. The molecule has 3 aliphatic rings. The van der Waals surface area contributed by atoms with Crippen molar-refractivity contribution in [3.8, 4) is 0 Å².